The van der Waals surface area contributed by atoms with Gasteiger partial charge >= 0.3 is 0 Å². The molecule has 0 spiro atoms. The van der Waals surface area contributed by atoms with E-state index in [1.165, 1.54) is 11.8 Å². The Morgan fingerprint density at radius 3 is 2.94 bits per heavy atom. The normalized spacial score (nSPS) is 15.7. The number of hydrogen-bond donors (Lipinski definition) is 1. The van der Waals surface area contributed by atoms with E-state index in [1.54, 1.807) is 4.90 Å². The van der Waals surface area contributed by atoms with Crippen LogP contribution in [0.2, 0.25) is 0 Å². The first-order valence-corrected chi connectivity index (χ1v) is 6.78. The largest absolute Gasteiger partial charge is 0.354 e. The molecule has 1 aliphatic rings. The second kappa shape index (κ2) is 6.85. The second-order valence-electron chi connectivity index (χ2n) is 3.55. The van der Waals surface area contributed by atoms with Crippen molar-refractivity contribution in [3.8, 4) is 0 Å². The van der Waals surface area contributed by atoms with E-state index in [0.29, 0.717) is 29.6 Å². The molecule has 1 aliphatic heterocycles. The number of carbonyl (C=O) groups is 2. The molecule has 1 N–H and O–H groups in total. The maximum atomic E-state index is 11.3. The highest BCUT2D eigenvalue weighted by molar-refractivity contribution is 8.23. The molecule has 1 fully saturated rings. The molecule has 2 amide bonds. The van der Waals surface area contributed by atoms with Crippen LogP contribution in [0.4, 0.5) is 0 Å². The van der Waals surface area contributed by atoms with Crippen molar-refractivity contribution in [3.05, 3.63) is 0 Å². The third kappa shape index (κ3) is 4.09. The lowest BCUT2D eigenvalue weighted by Gasteiger charge is -2.14. The molecule has 0 aliphatic carbocycles. The highest BCUT2D eigenvalue weighted by Crippen LogP contribution is 2.18. The number of carbonyl (C=O) groups excluding carboxylic acids is 2. The molecule has 0 unspecified atom stereocenters. The Hall–Kier alpha value is -0.620. The van der Waals surface area contributed by atoms with Gasteiger partial charge in [-0.3, -0.25) is 14.5 Å². The first kappa shape index (κ1) is 13.4. The Morgan fingerprint density at radius 1 is 1.62 bits per heavy atom. The van der Waals surface area contributed by atoms with Gasteiger partial charge in [0.1, 0.15) is 4.32 Å². The molecule has 6 heteroatoms. The Bertz CT molecular complexity index is 279. The lowest BCUT2D eigenvalue weighted by Crippen LogP contribution is -2.37. The first-order valence-electron chi connectivity index (χ1n) is 5.39. The van der Waals surface area contributed by atoms with Crippen LogP contribution in [-0.4, -0.2) is 39.9 Å². The smallest absolute Gasteiger partial charge is 0.238 e. The molecule has 0 aromatic heterocycles. The average molecular weight is 260 g/mol. The zero-order chi connectivity index (χ0) is 12.0. The topological polar surface area (TPSA) is 49.4 Å². The van der Waals surface area contributed by atoms with E-state index < -0.39 is 0 Å². The van der Waals surface area contributed by atoms with Gasteiger partial charge in [0.05, 0.1) is 5.75 Å². The van der Waals surface area contributed by atoms with Crippen molar-refractivity contribution in [2.24, 2.45) is 0 Å². The van der Waals surface area contributed by atoms with Crippen LogP contribution < -0.4 is 5.32 Å². The molecular weight excluding hydrogens is 244 g/mol. The predicted octanol–water partition coefficient (Wildman–Crippen LogP) is 1.15. The van der Waals surface area contributed by atoms with E-state index in [1.807, 2.05) is 6.92 Å². The molecule has 1 heterocycles. The summed E-state index contributed by atoms with van der Waals surface area (Å²) in [6.07, 6.45) is 2.48. The highest BCUT2D eigenvalue weighted by atomic mass is 32.2. The summed E-state index contributed by atoms with van der Waals surface area (Å²) in [7, 11) is 0. The first-order chi connectivity index (χ1) is 7.65. The molecule has 0 aromatic carbocycles. The average Bonchev–Trinajstić information content (AvgIpc) is 2.57. The molecular formula is C10H16N2O2S2. The van der Waals surface area contributed by atoms with E-state index >= 15 is 0 Å². The number of hydrogen-bond acceptors (Lipinski definition) is 4. The van der Waals surface area contributed by atoms with Crippen LogP contribution in [0.1, 0.15) is 26.2 Å². The van der Waals surface area contributed by atoms with Gasteiger partial charge in [-0.25, -0.2) is 0 Å². The number of thiocarbonyl (C=S) groups is 1. The van der Waals surface area contributed by atoms with Gasteiger partial charge in [-0.05, 0) is 6.42 Å². The standard InChI is InChI=1S/C10H16N2O2S2/c1-2-3-4-8(13)11-5-6-12-9(14)7-16-10(12)15/h2-7H2,1H3,(H,11,13). The Balaban J connectivity index is 2.17. The second-order valence-corrected chi connectivity index (χ2v) is 5.16. The number of nitrogens with zero attached hydrogens (tertiary/aromatic N) is 1. The van der Waals surface area contributed by atoms with E-state index in [-0.39, 0.29) is 11.8 Å². The molecule has 1 saturated heterocycles. The fourth-order valence-corrected chi connectivity index (χ4v) is 2.45. The van der Waals surface area contributed by atoms with Crippen LogP contribution in [-0.2, 0) is 9.59 Å². The predicted molar refractivity (Wildman–Crippen MR) is 69.3 cm³/mol. The summed E-state index contributed by atoms with van der Waals surface area (Å²) < 4.78 is 0.618. The van der Waals surface area contributed by atoms with Gasteiger partial charge in [0, 0.05) is 19.5 Å². The molecule has 0 saturated carbocycles. The number of unbranched alkanes of at least 4 members (excludes halogenated alkanes) is 1. The summed E-state index contributed by atoms with van der Waals surface area (Å²) in [6.45, 7) is 3.02. The summed E-state index contributed by atoms with van der Waals surface area (Å²) in [5.41, 5.74) is 0. The fraction of sp³-hybridized carbons (Fsp3) is 0.700. The van der Waals surface area contributed by atoms with E-state index in [0.717, 1.165) is 12.8 Å². The fourth-order valence-electron chi connectivity index (χ4n) is 1.33. The summed E-state index contributed by atoms with van der Waals surface area (Å²) in [6, 6.07) is 0. The quantitative estimate of drug-likeness (QED) is 0.728. The highest BCUT2D eigenvalue weighted by Gasteiger charge is 2.25. The third-order valence-electron chi connectivity index (χ3n) is 2.26. The van der Waals surface area contributed by atoms with E-state index in [9.17, 15) is 9.59 Å². The van der Waals surface area contributed by atoms with Gasteiger partial charge in [-0.1, -0.05) is 37.3 Å². The zero-order valence-corrected chi connectivity index (χ0v) is 11.0. The number of rotatable bonds is 6. The van der Waals surface area contributed by atoms with Crippen LogP contribution in [0.25, 0.3) is 0 Å². The number of amides is 2. The Kier molecular flexibility index (Phi) is 5.76. The van der Waals surface area contributed by atoms with E-state index in [2.05, 4.69) is 5.32 Å². The van der Waals surface area contributed by atoms with Crippen LogP contribution in [0, 0.1) is 0 Å². The summed E-state index contributed by atoms with van der Waals surface area (Å²) in [5, 5.41) is 2.78. The molecule has 90 valence electrons. The van der Waals surface area contributed by atoms with Crippen molar-refractivity contribution in [2.45, 2.75) is 26.2 Å². The van der Waals surface area contributed by atoms with Gasteiger partial charge in [0.25, 0.3) is 0 Å². The minimum atomic E-state index is 0.0396. The Labute approximate surface area is 105 Å². The van der Waals surface area contributed by atoms with Gasteiger partial charge in [-0.15, -0.1) is 0 Å². The van der Waals surface area contributed by atoms with E-state index in [4.69, 9.17) is 12.2 Å². The van der Waals surface area contributed by atoms with Crippen LogP contribution >= 0.6 is 24.0 Å². The third-order valence-corrected chi connectivity index (χ3v) is 3.69. The minimum absolute atomic E-state index is 0.0396. The van der Waals surface area contributed by atoms with Crippen molar-refractivity contribution in [3.63, 3.8) is 0 Å². The minimum Gasteiger partial charge on any atom is -0.354 e. The lowest BCUT2D eigenvalue weighted by molar-refractivity contribution is -0.125. The number of thioether (sulfide) groups is 1. The van der Waals surface area contributed by atoms with Gasteiger partial charge in [0.15, 0.2) is 0 Å². The maximum Gasteiger partial charge on any atom is 0.238 e. The molecule has 0 bridgehead atoms. The van der Waals surface area contributed by atoms with Crippen molar-refractivity contribution in [1.29, 1.82) is 0 Å². The molecule has 1 rings (SSSR count). The zero-order valence-electron chi connectivity index (χ0n) is 9.32. The molecule has 0 radical (unpaired) electrons. The molecule has 16 heavy (non-hydrogen) atoms. The van der Waals surface area contributed by atoms with Gasteiger partial charge in [0.2, 0.25) is 11.8 Å². The molecule has 4 nitrogen and oxygen atoms in total. The number of nitrogens with one attached hydrogen (secondary N) is 1. The lowest BCUT2D eigenvalue weighted by atomic mass is 10.2. The summed E-state index contributed by atoms with van der Waals surface area (Å²) >= 11 is 6.40. The van der Waals surface area contributed by atoms with Crippen molar-refractivity contribution < 1.29 is 9.59 Å². The monoisotopic (exact) mass is 260 g/mol. The van der Waals surface area contributed by atoms with Gasteiger partial charge < -0.3 is 5.32 Å². The summed E-state index contributed by atoms with van der Waals surface area (Å²) in [5.74, 6) is 0.521. The van der Waals surface area contributed by atoms with Crippen molar-refractivity contribution >= 4 is 40.1 Å². The SMILES string of the molecule is CCCCC(=O)NCCN1C(=O)CSC1=S. The molecule has 0 atom stereocenters. The van der Waals surface area contributed by atoms with Gasteiger partial charge in [-0.2, -0.15) is 0 Å². The van der Waals surface area contributed by atoms with Crippen molar-refractivity contribution in [2.75, 3.05) is 18.8 Å². The Morgan fingerprint density at radius 2 is 2.38 bits per heavy atom. The summed E-state index contributed by atoms with van der Waals surface area (Å²) in [4.78, 5) is 24.2. The van der Waals surface area contributed by atoms with Crippen LogP contribution in [0.3, 0.4) is 0 Å². The van der Waals surface area contributed by atoms with Crippen LogP contribution in [0.5, 0.6) is 0 Å². The maximum absolute atomic E-state index is 11.3. The van der Waals surface area contributed by atoms with Crippen molar-refractivity contribution in [1.82, 2.24) is 10.2 Å². The molecule has 0 aromatic rings. The van der Waals surface area contributed by atoms with Crippen LogP contribution in [0.15, 0.2) is 0 Å².